The van der Waals surface area contributed by atoms with Crippen molar-refractivity contribution >= 4 is 15.7 Å². The molecule has 0 aromatic heterocycles. The second-order valence-electron chi connectivity index (χ2n) is 8.06. The number of halogens is 2. The molecule has 1 saturated heterocycles. The molecule has 8 heteroatoms. The zero-order valence-corrected chi connectivity index (χ0v) is 17.1. The predicted octanol–water partition coefficient (Wildman–Crippen LogP) is 2.75. The SMILES string of the molecule is CN(CC(=O)N(C1CCCCC1)C1CCS(=O)(=O)C1)Cc1ccc(F)cc1F. The van der Waals surface area contributed by atoms with Crippen LogP contribution in [0.15, 0.2) is 18.2 Å². The van der Waals surface area contributed by atoms with E-state index < -0.39 is 21.5 Å². The molecule has 1 amide bonds. The van der Waals surface area contributed by atoms with Crippen molar-refractivity contribution in [1.29, 1.82) is 0 Å². The first-order chi connectivity index (χ1) is 13.2. The Hall–Kier alpha value is -1.54. The minimum atomic E-state index is -3.09. The normalized spacial score (nSPS) is 22.5. The Labute approximate surface area is 165 Å². The Morgan fingerprint density at radius 1 is 1.11 bits per heavy atom. The third kappa shape index (κ3) is 5.29. The van der Waals surface area contributed by atoms with Crippen LogP contribution in [-0.2, 0) is 21.2 Å². The van der Waals surface area contributed by atoms with Crippen molar-refractivity contribution in [3.8, 4) is 0 Å². The molecular weight excluding hydrogens is 386 g/mol. The third-order valence-electron chi connectivity index (χ3n) is 5.72. The van der Waals surface area contributed by atoms with Gasteiger partial charge in [0.25, 0.3) is 0 Å². The summed E-state index contributed by atoms with van der Waals surface area (Å²) in [6.45, 7) is 0.253. The molecule has 1 unspecified atom stereocenters. The van der Waals surface area contributed by atoms with Crippen molar-refractivity contribution in [3.05, 3.63) is 35.4 Å². The van der Waals surface area contributed by atoms with E-state index in [0.29, 0.717) is 12.0 Å². The monoisotopic (exact) mass is 414 g/mol. The fourth-order valence-electron chi connectivity index (χ4n) is 4.37. The average molecular weight is 415 g/mol. The Kier molecular flexibility index (Phi) is 6.70. The minimum absolute atomic E-state index is 0.0333. The van der Waals surface area contributed by atoms with Crippen LogP contribution in [0.25, 0.3) is 0 Å². The molecule has 1 aliphatic carbocycles. The van der Waals surface area contributed by atoms with Crippen LogP contribution in [0.3, 0.4) is 0 Å². The Balaban J connectivity index is 1.69. The smallest absolute Gasteiger partial charge is 0.237 e. The molecule has 2 fully saturated rings. The lowest BCUT2D eigenvalue weighted by Crippen LogP contribution is -2.51. The summed E-state index contributed by atoms with van der Waals surface area (Å²) in [7, 11) is -1.38. The summed E-state index contributed by atoms with van der Waals surface area (Å²) in [5.74, 6) is -1.22. The van der Waals surface area contributed by atoms with Crippen molar-refractivity contribution in [2.75, 3.05) is 25.1 Å². The van der Waals surface area contributed by atoms with Gasteiger partial charge in [0.15, 0.2) is 9.84 Å². The van der Waals surface area contributed by atoms with Gasteiger partial charge in [-0.15, -0.1) is 0 Å². The second-order valence-corrected chi connectivity index (χ2v) is 10.3. The number of sulfone groups is 1. The van der Waals surface area contributed by atoms with E-state index in [9.17, 15) is 22.0 Å². The van der Waals surface area contributed by atoms with Gasteiger partial charge < -0.3 is 4.90 Å². The third-order valence-corrected chi connectivity index (χ3v) is 7.47. The van der Waals surface area contributed by atoms with E-state index in [0.717, 1.165) is 38.2 Å². The lowest BCUT2D eigenvalue weighted by atomic mass is 9.92. The van der Waals surface area contributed by atoms with E-state index in [4.69, 9.17) is 0 Å². The first-order valence-corrected chi connectivity index (χ1v) is 11.7. The molecule has 1 aliphatic heterocycles. The molecule has 1 heterocycles. The number of nitrogens with zero attached hydrogens (tertiary/aromatic N) is 2. The number of benzene rings is 1. The molecule has 3 rings (SSSR count). The quantitative estimate of drug-likeness (QED) is 0.718. The van der Waals surface area contributed by atoms with Crippen molar-refractivity contribution < 1.29 is 22.0 Å². The molecule has 1 atom stereocenters. The summed E-state index contributed by atoms with van der Waals surface area (Å²) in [5.41, 5.74) is 0.323. The van der Waals surface area contributed by atoms with Crippen LogP contribution in [0.1, 0.15) is 44.1 Å². The number of likely N-dealkylation sites (N-methyl/N-ethyl adjacent to an activating group) is 1. The highest BCUT2D eigenvalue weighted by Crippen LogP contribution is 2.28. The number of amides is 1. The summed E-state index contributed by atoms with van der Waals surface area (Å²) in [5, 5.41) is 0. The summed E-state index contributed by atoms with van der Waals surface area (Å²) < 4.78 is 50.9. The van der Waals surface area contributed by atoms with Crippen LogP contribution in [-0.4, -0.2) is 61.3 Å². The molecule has 1 saturated carbocycles. The van der Waals surface area contributed by atoms with Crippen molar-refractivity contribution in [1.82, 2.24) is 9.80 Å². The fourth-order valence-corrected chi connectivity index (χ4v) is 6.08. The number of hydrogen-bond donors (Lipinski definition) is 0. The fraction of sp³-hybridized carbons (Fsp3) is 0.650. The number of carbonyl (C=O) groups excluding carboxylic acids is 1. The van der Waals surface area contributed by atoms with Crippen molar-refractivity contribution in [2.24, 2.45) is 0 Å². The van der Waals surface area contributed by atoms with Gasteiger partial charge in [-0.2, -0.15) is 0 Å². The van der Waals surface area contributed by atoms with E-state index in [-0.39, 0.29) is 42.6 Å². The standard InChI is InChI=1S/C20H28F2N2O3S/c1-23(12-15-7-8-16(21)11-19(15)22)13-20(25)24(17-5-3-2-4-6-17)18-9-10-28(26,27)14-18/h7-8,11,17-18H,2-6,9-10,12-14H2,1H3. The Bertz CT molecular complexity index is 810. The lowest BCUT2D eigenvalue weighted by molar-refractivity contribution is -0.137. The van der Waals surface area contributed by atoms with Crippen molar-refractivity contribution in [2.45, 2.75) is 57.2 Å². The summed E-state index contributed by atoms with van der Waals surface area (Å²) in [6, 6.07) is 3.23. The second kappa shape index (κ2) is 8.86. The van der Waals surface area contributed by atoms with Crippen LogP contribution in [0.2, 0.25) is 0 Å². The van der Waals surface area contributed by atoms with E-state index in [1.807, 2.05) is 0 Å². The van der Waals surface area contributed by atoms with Crippen LogP contribution in [0.5, 0.6) is 0 Å². The molecule has 0 spiro atoms. The molecule has 28 heavy (non-hydrogen) atoms. The molecule has 156 valence electrons. The van der Waals surface area contributed by atoms with Crippen LogP contribution in [0, 0.1) is 11.6 Å². The largest absolute Gasteiger partial charge is 0.335 e. The predicted molar refractivity (Wildman–Crippen MR) is 103 cm³/mol. The van der Waals surface area contributed by atoms with E-state index >= 15 is 0 Å². The number of rotatable bonds is 6. The molecule has 0 bridgehead atoms. The molecule has 1 aromatic carbocycles. The maximum absolute atomic E-state index is 13.9. The van der Waals surface area contributed by atoms with Gasteiger partial charge in [0.2, 0.25) is 5.91 Å². The van der Waals surface area contributed by atoms with Gasteiger partial charge in [0, 0.05) is 30.3 Å². The maximum atomic E-state index is 13.9. The highest BCUT2D eigenvalue weighted by Gasteiger charge is 2.38. The lowest BCUT2D eigenvalue weighted by Gasteiger charge is -2.39. The molecule has 5 nitrogen and oxygen atoms in total. The molecule has 0 N–H and O–H groups in total. The summed E-state index contributed by atoms with van der Waals surface area (Å²) in [4.78, 5) is 16.6. The van der Waals surface area contributed by atoms with Crippen LogP contribution < -0.4 is 0 Å². The van der Waals surface area contributed by atoms with Crippen LogP contribution >= 0.6 is 0 Å². The van der Waals surface area contributed by atoms with Gasteiger partial charge >= 0.3 is 0 Å². The number of carbonyl (C=O) groups is 1. The molecular formula is C20H28F2N2O3S. The van der Waals surface area contributed by atoms with Gasteiger partial charge in [0.1, 0.15) is 11.6 Å². The van der Waals surface area contributed by atoms with E-state index in [1.54, 1.807) is 16.8 Å². The summed E-state index contributed by atoms with van der Waals surface area (Å²) in [6.07, 6.45) is 5.53. The first kappa shape index (κ1) is 21.2. The average Bonchev–Trinajstić information content (AvgIpc) is 2.98. The van der Waals surface area contributed by atoms with E-state index in [1.165, 1.54) is 12.1 Å². The zero-order chi connectivity index (χ0) is 20.3. The topological polar surface area (TPSA) is 57.7 Å². The molecule has 1 aromatic rings. The van der Waals surface area contributed by atoms with Gasteiger partial charge in [-0.05, 0) is 32.4 Å². The van der Waals surface area contributed by atoms with Gasteiger partial charge in [-0.1, -0.05) is 25.3 Å². The minimum Gasteiger partial charge on any atom is -0.335 e. The Morgan fingerprint density at radius 3 is 2.43 bits per heavy atom. The van der Waals surface area contributed by atoms with Gasteiger partial charge in [-0.3, -0.25) is 9.69 Å². The highest BCUT2D eigenvalue weighted by atomic mass is 32.2. The molecule has 2 aliphatic rings. The Morgan fingerprint density at radius 2 is 1.82 bits per heavy atom. The van der Waals surface area contributed by atoms with Gasteiger partial charge in [0.05, 0.1) is 18.1 Å². The summed E-state index contributed by atoms with van der Waals surface area (Å²) >= 11 is 0. The highest BCUT2D eigenvalue weighted by molar-refractivity contribution is 7.91. The van der Waals surface area contributed by atoms with E-state index in [2.05, 4.69) is 0 Å². The molecule has 0 radical (unpaired) electrons. The van der Waals surface area contributed by atoms with Crippen LogP contribution in [0.4, 0.5) is 8.78 Å². The van der Waals surface area contributed by atoms with Gasteiger partial charge in [-0.25, -0.2) is 17.2 Å². The maximum Gasteiger partial charge on any atom is 0.237 e. The van der Waals surface area contributed by atoms with Crippen molar-refractivity contribution in [3.63, 3.8) is 0 Å². The zero-order valence-electron chi connectivity index (χ0n) is 16.2. The number of hydrogen-bond acceptors (Lipinski definition) is 4. The first-order valence-electron chi connectivity index (χ1n) is 9.89.